The first-order valence-corrected chi connectivity index (χ1v) is 11.2. The first-order valence-electron chi connectivity index (χ1n) is 11.2. The van der Waals surface area contributed by atoms with Crippen molar-refractivity contribution in [3.8, 4) is 0 Å². The third kappa shape index (κ3) is 4.90. The number of carbonyl (C=O) groups excluding carboxylic acids is 2. The molecule has 0 atom stereocenters. The fourth-order valence-electron chi connectivity index (χ4n) is 4.47. The zero-order chi connectivity index (χ0) is 22.5. The first-order chi connectivity index (χ1) is 15.5. The average Bonchev–Trinajstić information content (AvgIpc) is 2.84. The zero-order valence-corrected chi connectivity index (χ0v) is 18.0. The van der Waals surface area contributed by atoms with E-state index in [1.807, 2.05) is 18.2 Å². The molecule has 0 bridgehead atoms. The van der Waals surface area contributed by atoms with Crippen LogP contribution in [-0.2, 0) is 0 Å². The summed E-state index contributed by atoms with van der Waals surface area (Å²) in [6.07, 6.45) is 4.57. The first kappa shape index (κ1) is 21.8. The second-order valence-corrected chi connectivity index (χ2v) is 8.41. The topological polar surface area (TPSA) is 95.8 Å². The van der Waals surface area contributed by atoms with Gasteiger partial charge in [0.05, 0.1) is 16.2 Å². The summed E-state index contributed by atoms with van der Waals surface area (Å²) in [4.78, 5) is 40.6. The van der Waals surface area contributed by atoms with E-state index >= 15 is 0 Å². The van der Waals surface area contributed by atoms with Crippen LogP contribution in [0.15, 0.2) is 48.5 Å². The number of anilines is 1. The highest BCUT2D eigenvalue weighted by atomic mass is 16.6. The highest BCUT2D eigenvalue weighted by Crippen LogP contribution is 2.30. The van der Waals surface area contributed by atoms with Gasteiger partial charge in [0.25, 0.3) is 17.5 Å². The second kappa shape index (κ2) is 9.80. The molecular formula is C24H28N4O4. The van der Waals surface area contributed by atoms with E-state index in [9.17, 15) is 19.7 Å². The normalized spacial score (nSPS) is 17.1. The number of nitro groups is 1. The molecule has 0 aliphatic carbocycles. The van der Waals surface area contributed by atoms with Crippen molar-refractivity contribution in [1.29, 1.82) is 0 Å². The van der Waals surface area contributed by atoms with E-state index in [-0.39, 0.29) is 23.5 Å². The van der Waals surface area contributed by atoms with Gasteiger partial charge in [0, 0.05) is 49.9 Å². The van der Waals surface area contributed by atoms with Crippen LogP contribution in [-0.4, -0.2) is 53.9 Å². The van der Waals surface area contributed by atoms with Gasteiger partial charge in [-0.2, -0.15) is 0 Å². The maximum Gasteiger partial charge on any atom is 0.270 e. The Morgan fingerprint density at radius 1 is 0.938 bits per heavy atom. The highest BCUT2D eigenvalue weighted by molar-refractivity contribution is 6.00. The van der Waals surface area contributed by atoms with Gasteiger partial charge in [0.2, 0.25) is 0 Å². The highest BCUT2D eigenvalue weighted by Gasteiger charge is 2.29. The van der Waals surface area contributed by atoms with Gasteiger partial charge in [-0.3, -0.25) is 19.7 Å². The minimum Gasteiger partial charge on any atom is -0.371 e. The van der Waals surface area contributed by atoms with Gasteiger partial charge >= 0.3 is 0 Å². The Hall–Kier alpha value is -3.42. The van der Waals surface area contributed by atoms with Gasteiger partial charge < -0.3 is 15.1 Å². The molecule has 2 fully saturated rings. The quantitative estimate of drug-likeness (QED) is 0.571. The zero-order valence-electron chi connectivity index (χ0n) is 18.0. The van der Waals surface area contributed by atoms with Crippen molar-refractivity contribution < 1.29 is 14.5 Å². The van der Waals surface area contributed by atoms with Crippen molar-refractivity contribution in [3.05, 3.63) is 69.8 Å². The molecule has 32 heavy (non-hydrogen) atoms. The lowest BCUT2D eigenvalue weighted by Crippen LogP contribution is -2.46. The molecule has 2 aliphatic heterocycles. The van der Waals surface area contributed by atoms with E-state index in [1.54, 1.807) is 23.1 Å². The lowest BCUT2D eigenvalue weighted by atomic mass is 10.0. The van der Waals surface area contributed by atoms with E-state index in [0.29, 0.717) is 37.1 Å². The molecule has 2 saturated heterocycles. The van der Waals surface area contributed by atoms with Crippen molar-refractivity contribution in [3.63, 3.8) is 0 Å². The minimum absolute atomic E-state index is 0.00145. The summed E-state index contributed by atoms with van der Waals surface area (Å²) in [6, 6.07) is 13.7. The van der Waals surface area contributed by atoms with E-state index in [2.05, 4.69) is 10.2 Å². The fraction of sp³-hybridized carbons (Fsp3) is 0.417. The number of nitrogens with zero attached hydrogens (tertiary/aromatic N) is 3. The van der Waals surface area contributed by atoms with E-state index in [0.717, 1.165) is 38.0 Å². The van der Waals surface area contributed by atoms with E-state index in [1.165, 1.54) is 12.1 Å². The molecule has 2 heterocycles. The number of amides is 2. The molecule has 2 aromatic rings. The average molecular weight is 437 g/mol. The number of non-ortho nitro benzene ring substituents is 1. The molecule has 2 amide bonds. The van der Waals surface area contributed by atoms with Crippen molar-refractivity contribution in [2.75, 3.05) is 31.1 Å². The van der Waals surface area contributed by atoms with Crippen LogP contribution in [0.25, 0.3) is 0 Å². The molecule has 0 radical (unpaired) electrons. The van der Waals surface area contributed by atoms with Gasteiger partial charge in [-0.15, -0.1) is 0 Å². The molecule has 2 aliphatic rings. The van der Waals surface area contributed by atoms with Crippen LogP contribution in [0.3, 0.4) is 0 Å². The Balaban J connectivity index is 1.44. The smallest absolute Gasteiger partial charge is 0.270 e. The summed E-state index contributed by atoms with van der Waals surface area (Å²) >= 11 is 0. The Labute approximate surface area is 187 Å². The van der Waals surface area contributed by atoms with E-state index < -0.39 is 4.92 Å². The van der Waals surface area contributed by atoms with Gasteiger partial charge in [-0.05, 0) is 50.3 Å². The largest absolute Gasteiger partial charge is 0.371 e. The molecule has 8 heteroatoms. The molecule has 0 unspecified atom stereocenters. The number of hydrogen-bond acceptors (Lipinski definition) is 5. The molecular weight excluding hydrogens is 408 g/mol. The molecule has 0 spiro atoms. The Morgan fingerprint density at radius 3 is 2.28 bits per heavy atom. The predicted molar refractivity (Wildman–Crippen MR) is 122 cm³/mol. The van der Waals surface area contributed by atoms with Crippen molar-refractivity contribution in [2.24, 2.45) is 0 Å². The Morgan fingerprint density at radius 2 is 1.62 bits per heavy atom. The summed E-state index contributed by atoms with van der Waals surface area (Å²) in [5, 5.41) is 14.4. The molecule has 1 N–H and O–H groups in total. The SMILES string of the molecule is O=C(NC1CCN(C(=O)c2cc([N+](=O)[O-])ccc2N2CCCCC2)CC1)c1ccccc1. The lowest BCUT2D eigenvalue weighted by molar-refractivity contribution is -0.384. The van der Waals surface area contributed by atoms with Gasteiger partial charge in [-0.1, -0.05) is 18.2 Å². The summed E-state index contributed by atoms with van der Waals surface area (Å²) in [7, 11) is 0. The van der Waals surface area contributed by atoms with Crippen LogP contribution in [0.2, 0.25) is 0 Å². The van der Waals surface area contributed by atoms with Crippen LogP contribution >= 0.6 is 0 Å². The van der Waals surface area contributed by atoms with Crippen molar-refractivity contribution >= 4 is 23.2 Å². The van der Waals surface area contributed by atoms with E-state index in [4.69, 9.17) is 0 Å². The molecule has 4 rings (SSSR count). The minimum atomic E-state index is -0.456. The third-order valence-electron chi connectivity index (χ3n) is 6.27. The molecule has 0 aromatic heterocycles. The third-order valence-corrected chi connectivity index (χ3v) is 6.27. The number of benzene rings is 2. The van der Waals surface area contributed by atoms with Crippen LogP contribution in [0, 0.1) is 10.1 Å². The maximum atomic E-state index is 13.4. The summed E-state index contributed by atoms with van der Waals surface area (Å²) in [5.74, 6) is -0.288. The predicted octanol–water partition coefficient (Wildman–Crippen LogP) is 3.62. The fourth-order valence-corrected chi connectivity index (χ4v) is 4.47. The van der Waals surface area contributed by atoms with Crippen molar-refractivity contribution in [2.45, 2.75) is 38.1 Å². The number of carbonyl (C=O) groups is 2. The van der Waals surface area contributed by atoms with Crippen LogP contribution < -0.4 is 10.2 Å². The number of likely N-dealkylation sites (tertiary alicyclic amines) is 1. The van der Waals surface area contributed by atoms with Gasteiger partial charge in [0.1, 0.15) is 0 Å². The Kier molecular flexibility index (Phi) is 6.68. The number of rotatable bonds is 5. The van der Waals surface area contributed by atoms with Crippen LogP contribution in [0.4, 0.5) is 11.4 Å². The van der Waals surface area contributed by atoms with Gasteiger partial charge in [0.15, 0.2) is 0 Å². The monoisotopic (exact) mass is 436 g/mol. The number of nitro benzene ring substituents is 1. The van der Waals surface area contributed by atoms with Crippen LogP contribution in [0.1, 0.15) is 52.8 Å². The van der Waals surface area contributed by atoms with Crippen molar-refractivity contribution in [1.82, 2.24) is 10.2 Å². The number of nitrogens with one attached hydrogen (secondary N) is 1. The lowest BCUT2D eigenvalue weighted by Gasteiger charge is -2.34. The Bertz CT molecular complexity index is 981. The standard InChI is InChI=1S/C24H28N4O4/c29-23(18-7-3-1-4-8-18)25-19-11-15-27(16-12-19)24(30)21-17-20(28(31)32)9-10-22(21)26-13-5-2-6-14-26/h1,3-4,7-10,17,19H,2,5-6,11-16H2,(H,25,29). The molecule has 8 nitrogen and oxygen atoms in total. The summed E-state index contributed by atoms with van der Waals surface area (Å²) in [5.41, 5.74) is 1.72. The molecule has 168 valence electrons. The summed E-state index contributed by atoms with van der Waals surface area (Å²) in [6.45, 7) is 2.71. The number of piperidine rings is 2. The molecule has 2 aromatic carbocycles. The summed E-state index contributed by atoms with van der Waals surface area (Å²) < 4.78 is 0. The second-order valence-electron chi connectivity index (χ2n) is 8.41. The molecule has 0 saturated carbocycles. The van der Waals surface area contributed by atoms with Gasteiger partial charge in [-0.25, -0.2) is 0 Å². The number of hydrogen-bond donors (Lipinski definition) is 1. The van der Waals surface area contributed by atoms with Crippen LogP contribution in [0.5, 0.6) is 0 Å². The maximum absolute atomic E-state index is 13.4.